The standard InChI is InChI=1S/C12H15N3O4/c1-19-12(18)8-2-4-15(5-3-8)10-7-13-9(6-14-10)11(16)17/h6-8H,2-5H2,1H3,(H,16,17). The van der Waals surface area contributed by atoms with Crippen molar-refractivity contribution in [3.05, 3.63) is 18.1 Å². The normalized spacial score (nSPS) is 16.2. The van der Waals surface area contributed by atoms with E-state index in [1.165, 1.54) is 19.5 Å². The number of aromatic carboxylic acids is 1. The highest BCUT2D eigenvalue weighted by atomic mass is 16.5. The fourth-order valence-electron chi connectivity index (χ4n) is 2.11. The second-order valence-electron chi connectivity index (χ2n) is 4.35. The molecule has 0 aliphatic carbocycles. The number of carboxylic acid groups (broad SMARTS) is 1. The predicted molar refractivity (Wildman–Crippen MR) is 65.9 cm³/mol. The van der Waals surface area contributed by atoms with Crippen molar-refractivity contribution in [2.45, 2.75) is 12.8 Å². The van der Waals surface area contributed by atoms with E-state index in [0.717, 1.165) is 0 Å². The average Bonchev–Trinajstić information content (AvgIpc) is 2.46. The van der Waals surface area contributed by atoms with Crippen molar-refractivity contribution >= 4 is 17.8 Å². The first-order valence-corrected chi connectivity index (χ1v) is 6.00. The lowest BCUT2D eigenvalue weighted by molar-refractivity contribution is -0.146. The molecule has 1 aromatic heterocycles. The third-order valence-electron chi connectivity index (χ3n) is 3.21. The maximum Gasteiger partial charge on any atom is 0.356 e. The summed E-state index contributed by atoms with van der Waals surface area (Å²) in [6.45, 7) is 1.36. The van der Waals surface area contributed by atoms with E-state index in [0.29, 0.717) is 31.7 Å². The number of aromatic nitrogens is 2. The molecule has 102 valence electrons. The van der Waals surface area contributed by atoms with Gasteiger partial charge >= 0.3 is 11.9 Å². The lowest BCUT2D eigenvalue weighted by Gasteiger charge is -2.31. The molecule has 1 saturated heterocycles. The van der Waals surface area contributed by atoms with Crippen LogP contribution in [0.5, 0.6) is 0 Å². The summed E-state index contributed by atoms with van der Waals surface area (Å²) in [4.78, 5) is 32.0. The zero-order chi connectivity index (χ0) is 13.8. The van der Waals surface area contributed by atoms with Gasteiger partial charge in [-0.2, -0.15) is 0 Å². The second-order valence-corrected chi connectivity index (χ2v) is 4.35. The lowest BCUT2D eigenvalue weighted by Crippen LogP contribution is -2.37. The van der Waals surface area contributed by atoms with Crippen molar-refractivity contribution in [3.8, 4) is 0 Å². The molecule has 7 heteroatoms. The Morgan fingerprint density at radius 2 is 2.00 bits per heavy atom. The molecule has 0 saturated carbocycles. The summed E-state index contributed by atoms with van der Waals surface area (Å²) in [6, 6.07) is 0. The Bertz CT molecular complexity index is 466. The zero-order valence-corrected chi connectivity index (χ0v) is 10.6. The number of piperidine rings is 1. The molecule has 0 aromatic carbocycles. The molecule has 1 aromatic rings. The number of carboxylic acids is 1. The van der Waals surface area contributed by atoms with Gasteiger partial charge < -0.3 is 14.7 Å². The van der Waals surface area contributed by atoms with Gasteiger partial charge in [0.25, 0.3) is 0 Å². The highest BCUT2D eigenvalue weighted by molar-refractivity contribution is 5.84. The first-order valence-electron chi connectivity index (χ1n) is 6.00. The van der Waals surface area contributed by atoms with E-state index in [2.05, 4.69) is 9.97 Å². The molecule has 1 aliphatic heterocycles. The maximum atomic E-state index is 11.4. The number of nitrogens with zero attached hydrogens (tertiary/aromatic N) is 3. The Balaban J connectivity index is 1.97. The molecule has 0 spiro atoms. The molecule has 0 unspecified atom stereocenters. The van der Waals surface area contributed by atoms with Crippen LogP contribution in [0.25, 0.3) is 0 Å². The number of esters is 1. The molecule has 0 bridgehead atoms. The molecule has 1 fully saturated rings. The third-order valence-corrected chi connectivity index (χ3v) is 3.21. The molecular weight excluding hydrogens is 250 g/mol. The van der Waals surface area contributed by atoms with E-state index in [1.807, 2.05) is 4.90 Å². The minimum absolute atomic E-state index is 0.0625. The predicted octanol–water partition coefficient (Wildman–Crippen LogP) is 0.564. The van der Waals surface area contributed by atoms with Gasteiger partial charge in [0.05, 0.1) is 25.4 Å². The van der Waals surface area contributed by atoms with Gasteiger partial charge in [-0.3, -0.25) is 4.79 Å². The fourth-order valence-corrected chi connectivity index (χ4v) is 2.11. The first-order chi connectivity index (χ1) is 9.11. The number of rotatable bonds is 3. The first kappa shape index (κ1) is 13.3. The molecule has 0 radical (unpaired) electrons. The molecule has 0 amide bonds. The van der Waals surface area contributed by atoms with E-state index in [1.54, 1.807) is 0 Å². The van der Waals surface area contributed by atoms with Crippen LogP contribution in [0.4, 0.5) is 5.82 Å². The zero-order valence-electron chi connectivity index (χ0n) is 10.6. The molecule has 0 atom stereocenters. The van der Waals surface area contributed by atoms with Crippen molar-refractivity contribution in [2.24, 2.45) is 5.92 Å². The van der Waals surface area contributed by atoms with Crippen LogP contribution in [-0.2, 0) is 9.53 Å². The quantitative estimate of drug-likeness (QED) is 0.798. The van der Waals surface area contributed by atoms with Gasteiger partial charge in [-0.1, -0.05) is 0 Å². The van der Waals surface area contributed by atoms with E-state index in [4.69, 9.17) is 9.84 Å². The lowest BCUT2D eigenvalue weighted by atomic mass is 9.97. The Labute approximate surface area is 110 Å². The number of carbonyl (C=O) groups is 2. The van der Waals surface area contributed by atoms with Crippen LogP contribution in [-0.4, -0.2) is 47.2 Å². The Morgan fingerprint density at radius 3 is 2.47 bits per heavy atom. The van der Waals surface area contributed by atoms with Crippen LogP contribution in [0.15, 0.2) is 12.4 Å². The van der Waals surface area contributed by atoms with E-state index in [9.17, 15) is 9.59 Å². The Hall–Kier alpha value is -2.18. The van der Waals surface area contributed by atoms with Gasteiger partial charge in [0.15, 0.2) is 5.69 Å². The van der Waals surface area contributed by atoms with Crippen molar-refractivity contribution in [2.75, 3.05) is 25.1 Å². The summed E-state index contributed by atoms with van der Waals surface area (Å²) >= 11 is 0. The van der Waals surface area contributed by atoms with Crippen molar-refractivity contribution < 1.29 is 19.4 Å². The average molecular weight is 265 g/mol. The number of ether oxygens (including phenoxy) is 1. The summed E-state index contributed by atoms with van der Waals surface area (Å²) in [7, 11) is 1.39. The van der Waals surface area contributed by atoms with Gasteiger partial charge in [0.2, 0.25) is 0 Å². The summed E-state index contributed by atoms with van der Waals surface area (Å²) in [5.74, 6) is -0.698. The largest absolute Gasteiger partial charge is 0.476 e. The number of hydrogen-bond acceptors (Lipinski definition) is 6. The number of anilines is 1. The molecule has 19 heavy (non-hydrogen) atoms. The van der Waals surface area contributed by atoms with Gasteiger partial charge in [-0.15, -0.1) is 0 Å². The molecule has 1 aliphatic rings. The monoisotopic (exact) mass is 265 g/mol. The van der Waals surface area contributed by atoms with Crippen LogP contribution in [0.2, 0.25) is 0 Å². The van der Waals surface area contributed by atoms with Gasteiger partial charge in [0, 0.05) is 13.1 Å². The van der Waals surface area contributed by atoms with Crippen LogP contribution < -0.4 is 4.90 Å². The third kappa shape index (κ3) is 2.98. The molecule has 2 heterocycles. The van der Waals surface area contributed by atoms with Crippen molar-refractivity contribution in [1.29, 1.82) is 0 Å². The molecule has 2 rings (SSSR count). The second kappa shape index (κ2) is 5.64. The summed E-state index contributed by atoms with van der Waals surface area (Å²) in [6.07, 6.45) is 4.09. The summed E-state index contributed by atoms with van der Waals surface area (Å²) < 4.78 is 4.72. The van der Waals surface area contributed by atoms with Crippen LogP contribution in [0.1, 0.15) is 23.3 Å². The van der Waals surface area contributed by atoms with E-state index in [-0.39, 0.29) is 17.6 Å². The summed E-state index contributed by atoms with van der Waals surface area (Å²) in [5, 5.41) is 8.74. The topological polar surface area (TPSA) is 92.6 Å². The van der Waals surface area contributed by atoms with Crippen molar-refractivity contribution in [3.63, 3.8) is 0 Å². The van der Waals surface area contributed by atoms with Crippen LogP contribution >= 0.6 is 0 Å². The van der Waals surface area contributed by atoms with Crippen LogP contribution in [0, 0.1) is 5.92 Å². The van der Waals surface area contributed by atoms with Gasteiger partial charge in [-0.25, -0.2) is 14.8 Å². The minimum Gasteiger partial charge on any atom is -0.476 e. The Kier molecular flexibility index (Phi) is 3.94. The van der Waals surface area contributed by atoms with E-state index >= 15 is 0 Å². The summed E-state index contributed by atoms with van der Waals surface area (Å²) in [5.41, 5.74) is -0.0757. The fraction of sp³-hybridized carbons (Fsp3) is 0.500. The number of carbonyl (C=O) groups excluding carboxylic acids is 1. The number of hydrogen-bond donors (Lipinski definition) is 1. The van der Waals surface area contributed by atoms with Gasteiger partial charge in [0.1, 0.15) is 5.82 Å². The van der Waals surface area contributed by atoms with Gasteiger partial charge in [-0.05, 0) is 12.8 Å². The molecule has 1 N–H and O–H groups in total. The smallest absolute Gasteiger partial charge is 0.356 e. The maximum absolute atomic E-state index is 11.4. The SMILES string of the molecule is COC(=O)C1CCN(c2cnc(C(=O)O)cn2)CC1. The Morgan fingerprint density at radius 1 is 1.32 bits per heavy atom. The van der Waals surface area contributed by atoms with Crippen LogP contribution in [0.3, 0.4) is 0 Å². The minimum atomic E-state index is -1.09. The number of methoxy groups -OCH3 is 1. The van der Waals surface area contributed by atoms with E-state index < -0.39 is 5.97 Å². The highest BCUT2D eigenvalue weighted by Crippen LogP contribution is 2.22. The highest BCUT2D eigenvalue weighted by Gasteiger charge is 2.26. The molecular formula is C12H15N3O4. The molecule has 7 nitrogen and oxygen atoms in total. The van der Waals surface area contributed by atoms with Crippen molar-refractivity contribution in [1.82, 2.24) is 9.97 Å².